The Morgan fingerprint density at radius 2 is 1.65 bits per heavy atom. The third-order valence-corrected chi connectivity index (χ3v) is 5.73. The monoisotopic (exact) mass is 332 g/mol. The van der Waals surface area contributed by atoms with Crippen LogP contribution in [0.15, 0.2) is 59.5 Å². The number of benzene rings is 2. The van der Waals surface area contributed by atoms with Crippen molar-refractivity contribution in [2.24, 2.45) is 5.73 Å². The summed E-state index contributed by atoms with van der Waals surface area (Å²) in [6.07, 6.45) is 1.33. The largest absolute Gasteiger partial charge is 0.330 e. The summed E-state index contributed by atoms with van der Waals surface area (Å²) in [5.74, 6) is 0. The van der Waals surface area contributed by atoms with E-state index in [-0.39, 0.29) is 0 Å². The van der Waals surface area contributed by atoms with E-state index < -0.39 is 10.0 Å². The molecule has 5 heteroatoms. The first kappa shape index (κ1) is 17.7. The molecule has 0 aliphatic heterocycles. The number of nitrogens with two attached hydrogens (primary N) is 1. The highest BCUT2D eigenvalue weighted by Gasteiger charge is 2.26. The minimum atomic E-state index is -3.54. The Balaban J connectivity index is 2.36. The fourth-order valence-corrected chi connectivity index (χ4v) is 4.29. The van der Waals surface area contributed by atoms with Gasteiger partial charge in [-0.05, 0) is 36.6 Å². The van der Waals surface area contributed by atoms with Crippen LogP contribution in [-0.2, 0) is 23.0 Å². The highest BCUT2D eigenvalue weighted by atomic mass is 32.2. The van der Waals surface area contributed by atoms with Gasteiger partial charge in [0.05, 0.1) is 4.90 Å². The van der Waals surface area contributed by atoms with E-state index in [1.165, 1.54) is 4.31 Å². The van der Waals surface area contributed by atoms with Crippen LogP contribution in [0, 0.1) is 0 Å². The summed E-state index contributed by atoms with van der Waals surface area (Å²) in [6, 6.07) is 16.9. The molecule has 2 N–H and O–H groups in total. The molecule has 124 valence electrons. The van der Waals surface area contributed by atoms with Gasteiger partial charge in [0.25, 0.3) is 0 Å². The molecule has 0 aliphatic rings. The van der Waals surface area contributed by atoms with Gasteiger partial charge < -0.3 is 5.73 Å². The molecule has 0 spiro atoms. The maximum Gasteiger partial charge on any atom is 0.243 e. The van der Waals surface area contributed by atoms with Crippen molar-refractivity contribution in [3.8, 4) is 0 Å². The van der Waals surface area contributed by atoms with Crippen molar-refractivity contribution < 1.29 is 8.42 Å². The summed E-state index contributed by atoms with van der Waals surface area (Å²) in [4.78, 5) is 0.399. The lowest BCUT2D eigenvalue weighted by atomic mass is 10.2. The lowest BCUT2D eigenvalue weighted by Gasteiger charge is -2.23. The Kier molecular flexibility index (Phi) is 6.33. The number of rotatable bonds is 8. The second-order valence-corrected chi connectivity index (χ2v) is 7.33. The molecule has 23 heavy (non-hydrogen) atoms. The van der Waals surface area contributed by atoms with Gasteiger partial charge in [0.1, 0.15) is 0 Å². The van der Waals surface area contributed by atoms with Crippen molar-refractivity contribution in [3.63, 3.8) is 0 Å². The predicted molar refractivity (Wildman–Crippen MR) is 93.5 cm³/mol. The Labute approximate surface area is 139 Å². The van der Waals surface area contributed by atoms with E-state index in [4.69, 9.17) is 5.73 Å². The zero-order valence-corrected chi connectivity index (χ0v) is 14.3. The quantitative estimate of drug-likeness (QED) is 0.808. The molecular weight excluding hydrogens is 308 g/mol. The Bertz CT molecular complexity index is 715. The van der Waals surface area contributed by atoms with E-state index in [1.54, 1.807) is 12.1 Å². The van der Waals surface area contributed by atoms with Gasteiger partial charge >= 0.3 is 0 Å². The van der Waals surface area contributed by atoms with Crippen LogP contribution >= 0.6 is 0 Å². The van der Waals surface area contributed by atoms with E-state index >= 15 is 0 Å². The summed E-state index contributed by atoms with van der Waals surface area (Å²) in [5.41, 5.74) is 7.41. The summed E-state index contributed by atoms with van der Waals surface area (Å²) < 4.78 is 27.7. The number of hydrogen-bond donors (Lipinski definition) is 1. The van der Waals surface area contributed by atoms with E-state index in [9.17, 15) is 8.42 Å². The van der Waals surface area contributed by atoms with Crippen LogP contribution in [0.2, 0.25) is 0 Å². The Morgan fingerprint density at radius 1 is 1.00 bits per heavy atom. The highest BCUT2D eigenvalue weighted by molar-refractivity contribution is 7.89. The van der Waals surface area contributed by atoms with Gasteiger partial charge in [-0.3, -0.25) is 0 Å². The molecule has 0 aromatic heterocycles. The first-order valence-corrected chi connectivity index (χ1v) is 9.35. The fourth-order valence-electron chi connectivity index (χ4n) is 2.53. The number of sulfonamides is 1. The normalized spacial score (nSPS) is 11.8. The molecule has 0 radical (unpaired) electrons. The van der Waals surface area contributed by atoms with E-state index in [0.717, 1.165) is 11.1 Å². The molecule has 0 bridgehead atoms. The van der Waals surface area contributed by atoms with Crippen LogP contribution in [0.25, 0.3) is 0 Å². The lowest BCUT2D eigenvalue weighted by Crippen LogP contribution is -2.33. The van der Waals surface area contributed by atoms with Gasteiger partial charge in [-0.15, -0.1) is 0 Å². The van der Waals surface area contributed by atoms with Crippen molar-refractivity contribution in [1.82, 2.24) is 4.31 Å². The van der Waals surface area contributed by atoms with E-state index in [1.807, 2.05) is 49.4 Å². The number of nitrogens with zero attached hydrogens (tertiary/aromatic N) is 1. The molecule has 4 nitrogen and oxygen atoms in total. The fraction of sp³-hybridized carbons (Fsp3) is 0.333. The molecular formula is C18H24N2O2S. The topological polar surface area (TPSA) is 63.4 Å². The second-order valence-electron chi connectivity index (χ2n) is 5.43. The first-order valence-electron chi connectivity index (χ1n) is 7.91. The minimum Gasteiger partial charge on any atom is -0.330 e. The molecule has 0 heterocycles. The van der Waals surface area contributed by atoms with Gasteiger partial charge in [-0.25, -0.2) is 8.42 Å². The average molecular weight is 332 g/mol. The molecule has 0 unspecified atom stereocenters. The standard InChI is InChI=1S/C18H24N2O2S/c1-2-17-11-6-7-12-18(17)23(21,22)20(14-8-13-19)15-16-9-4-3-5-10-16/h3-7,9-12H,2,8,13-15,19H2,1H3. The van der Waals surface area contributed by atoms with Gasteiger partial charge in [0.2, 0.25) is 10.0 Å². The molecule has 0 amide bonds. The predicted octanol–water partition coefficient (Wildman–Crippen LogP) is 2.79. The van der Waals surface area contributed by atoms with Gasteiger partial charge in [0, 0.05) is 13.1 Å². The van der Waals surface area contributed by atoms with Crippen LogP contribution in [0.1, 0.15) is 24.5 Å². The van der Waals surface area contributed by atoms with Gasteiger partial charge in [-0.2, -0.15) is 4.31 Å². The molecule has 0 saturated heterocycles. The minimum absolute atomic E-state index is 0.362. The molecule has 0 fully saturated rings. The smallest absolute Gasteiger partial charge is 0.243 e. The number of hydrogen-bond acceptors (Lipinski definition) is 3. The molecule has 0 aliphatic carbocycles. The van der Waals surface area contributed by atoms with Gasteiger partial charge in [0.15, 0.2) is 0 Å². The van der Waals surface area contributed by atoms with Crippen LogP contribution < -0.4 is 5.73 Å². The van der Waals surface area contributed by atoms with Crippen LogP contribution in [0.5, 0.6) is 0 Å². The molecule has 0 atom stereocenters. The van der Waals surface area contributed by atoms with Crippen molar-refractivity contribution in [2.75, 3.05) is 13.1 Å². The molecule has 2 aromatic carbocycles. The Morgan fingerprint density at radius 3 is 2.30 bits per heavy atom. The summed E-state index contributed by atoms with van der Waals surface area (Å²) in [6.45, 7) is 3.22. The van der Waals surface area contributed by atoms with Crippen molar-refractivity contribution >= 4 is 10.0 Å². The molecule has 0 saturated carbocycles. The van der Waals surface area contributed by atoms with Gasteiger partial charge in [-0.1, -0.05) is 55.5 Å². The third-order valence-electron chi connectivity index (χ3n) is 3.78. The Hall–Kier alpha value is -1.69. The summed E-state index contributed by atoms with van der Waals surface area (Å²) in [5, 5.41) is 0. The van der Waals surface area contributed by atoms with Crippen LogP contribution in [0.4, 0.5) is 0 Å². The maximum atomic E-state index is 13.1. The molecule has 2 rings (SSSR count). The number of aryl methyl sites for hydroxylation is 1. The van der Waals surface area contributed by atoms with Crippen LogP contribution in [0.3, 0.4) is 0 Å². The van der Waals surface area contributed by atoms with E-state index in [0.29, 0.717) is 37.4 Å². The summed E-state index contributed by atoms with van der Waals surface area (Å²) >= 11 is 0. The zero-order chi connectivity index (χ0) is 16.7. The average Bonchev–Trinajstić information content (AvgIpc) is 2.59. The maximum absolute atomic E-state index is 13.1. The second kappa shape index (κ2) is 8.24. The van der Waals surface area contributed by atoms with Crippen molar-refractivity contribution in [2.45, 2.75) is 31.2 Å². The third kappa shape index (κ3) is 4.41. The molecule has 2 aromatic rings. The SMILES string of the molecule is CCc1ccccc1S(=O)(=O)N(CCCN)Cc1ccccc1. The van der Waals surface area contributed by atoms with Crippen molar-refractivity contribution in [1.29, 1.82) is 0 Å². The zero-order valence-electron chi connectivity index (χ0n) is 13.5. The first-order chi connectivity index (χ1) is 11.1. The van der Waals surface area contributed by atoms with Crippen molar-refractivity contribution in [3.05, 3.63) is 65.7 Å². The summed E-state index contributed by atoms with van der Waals surface area (Å²) in [7, 11) is -3.54. The van der Waals surface area contributed by atoms with Crippen LogP contribution in [-0.4, -0.2) is 25.8 Å². The highest BCUT2D eigenvalue weighted by Crippen LogP contribution is 2.22. The van der Waals surface area contributed by atoms with E-state index in [2.05, 4.69) is 0 Å². The lowest BCUT2D eigenvalue weighted by molar-refractivity contribution is 0.401.